The summed E-state index contributed by atoms with van der Waals surface area (Å²) in [5.74, 6) is 2.62. The minimum atomic E-state index is -0.274. The smallest absolute Gasteiger partial charge is 0.314 e. The lowest BCUT2D eigenvalue weighted by Crippen LogP contribution is -2.30. The number of carbonyl (C=O) groups excluding carboxylic acids is 1. The van der Waals surface area contributed by atoms with E-state index in [-0.39, 0.29) is 28.8 Å². The van der Waals surface area contributed by atoms with Gasteiger partial charge in [-0.25, -0.2) is 0 Å². The molecule has 5 heteroatoms. The van der Waals surface area contributed by atoms with Crippen molar-refractivity contribution in [2.24, 2.45) is 23.7 Å². The van der Waals surface area contributed by atoms with E-state index in [1.54, 1.807) is 12.1 Å². The molecule has 35 heavy (non-hydrogen) atoms. The fourth-order valence-electron chi connectivity index (χ4n) is 6.08. The molecule has 0 aliphatic heterocycles. The lowest BCUT2D eigenvalue weighted by molar-refractivity contribution is -0.140. The molecule has 0 N–H and O–H groups in total. The van der Waals surface area contributed by atoms with Crippen LogP contribution in [-0.4, -0.2) is 12.6 Å². The summed E-state index contributed by atoms with van der Waals surface area (Å²) in [5, 5.41) is 19.4. The third-order valence-electron chi connectivity index (χ3n) is 8.18. The minimum absolute atomic E-state index is 0.0874. The minimum Gasteiger partial charge on any atom is -0.492 e. The van der Waals surface area contributed by atoms with Gasteiger partial charge in [-0.15, -0.1) is 0 Å². The van der Waals surface area contributed by atoms with Gasteiger partial charge < -0.3 is 9.47 Å². The molecular weight excluding hydrogens is 436 g/mol. The van der Waals surface area contributed by atoms with E-state index in [1.165, 1.54) is 38.5 Å². The Kier molecular flexibility index (Phi) is 10.9. The van der Waals surface area contributed by atoms with Gasteiger partial charge in [0.15, 0.2) is 0 Å². The lowest BCUT2D eigenvalue weighted by Gasteiger charge is -2.37. The SMILES string of the molecule is CCCCCCOc1ccc(OC(=O)C2CCC(C3CCC(CCC)CC3)CC2)c(C#N)c1C#N. The summed E-state index contributed by atoms with van der Waals surface area (Å²) in [6.45, 7) is 4.94. The van der Waals surface area contributed by atoms with Crippen molar-refractivity contribution in [2.45, 2.75) is 104 Å². The van der Waals surface area contributed by atoms with Gasteiger partial charge in [0.25, 0.3) is 0 Å². The molecule has 190 valence electrons. The Hall–Kier alpha value is -2.53. The molecule has 0 atom stereocenters. The van der Waals surface area contributed by atoms with Crippen molar-refractivity contribution in [1.29, 1.82) is 10.5 Å². The number of esters is 1. The largest absolute Gasteiger partial charge is 0.492 e. The number of hydrogen-bond donors (Lipinski definition) is 0. The van der Waals surface area contributed by atoms with Crippen LogP contribution in [-0.2, 0) is 4.79 Å². The summed E-state index contributed by atoms with van der Waals surface area (Å²) < 4.78 is 11.5. The standard InChI is InChI=1S/C30H42N2O3/c1-3-5-6-7-19-34-28-17-18-29(27(21-32)26(28)20-31)35-30(33)25-15-13-24(14-16-25)23-11-9-22(8-4-2)10-12-23/h17-18,22-25H,3-16,19H2,1-2H3. The molecule has 0 spiro atoms. The van der Waals surface area contributed by atoms with Crippen LogP contribution in [0.15, 0.2) is 12.1 Å². The Labute approximate surface area is 211 Å². The predicted molar refractivity (Wildman–Crippen MR) is 137 cm³/mol. The molecule has 1 aromatic rings. The van der Waals surface area contributed by atoms with Gasteiger partial charge in [0.2, 0.25) is 0 Å². The molecule has 0 unspecified atom stereocenters. The van der Waals surface area contributed by atoms with Crippen molar-refractivity contribution in [3.63, 3.8) is 0 Å². The second-order valence-electron chi connectivity index (χ2n) is 10.5. The second-order valence-corrected chi connectivity index (χ2v) is 10.5. The Morgan fingerprint density at radius 1 is 0.829 bits per heavy atom. The number of nitrogens with zero attached hydrogens (tertiary/aromatic N) is 2. The van der Waals surface area contributed by atoms with Crippen LogP contribution < -0.4 is 9.47 Å². The zero-order valence-corrected chi connectivity index (χ0v) is 21.7. The van der Waals surface area contributed by atoms with Crippen LogP contribution in [0.3, 0.4) is 0 Å². The highest BCUT2D eigenvalue weighted by molar-refractivity contribution is 5.77. The number of carbonyl (C=O) groups is 1. The van der Waals surface area contributed by atoms with Gasteiger partial charge in [-0.2, -0.15) is 10.5 Å². The van der Waals surface area contributed by atoms with E-state index in [2.05, 4.69) is 26.0 Å². The molecule has 0 amide bonds. The molecule has 3 rings (SSSR count). The van der Waals surface area contributed by atoms with Crippen LogP contribution in [0.4, 0.5) is 0 Å². The number of hydrogen-bond acceptors (Lipinski definition) is 5. The van der Waals surface area contributed by atoms with E-state index in [1.807, 2.05) is 0 Å². The first-order valence-electron chi connectivity index (χ1n) is 13.9. The van der Waals surface area contributed by atoms with Crippen molar-refractivity contribution in [2.75, 3.05) is 6.61 Å². The Morgan fingerprint density at radius 2 is 1.43 bits per heavy atom. The third kappa shape index (κ3) is 7.47. The van der Waals surface area contributed by atoms with E-state index >= 15 is 0 Å². The van der Waals surface area contributed by atoms with Gasteiger partial charge in [-0.05, 0) is 74.8 Å². The maximum absolute atomic E-state index is 12.9. The van der Waals surface area contributed by atoms with Crippen LogP contribution >= 0.6 is 0 Å². The van der Waals surface area contributed by atoms with Crippen molar-refractivity contribution in [1.82, 2.24) is 0 Å². The summed E-state index contributed by atoms with van der Waals surface area (Å²) >= 11 is 0. The molecule has 2 aliphatic rings. The molecule has 2 fully saturated rings. The fraction of sp³-hybridized carbons (Fsp3) is 0.700. The molecular formula is C30H42N2O3. The Bertz CT molecular complexity index is 897. The van der Waals surface area contributed by atoms with Crippen molar-refractivity contribution < 1.29 is 14.3 Å². The highest BCUT2D eigenvalue weighted by Gasteiger charge is 2.34. The van der Waals surface area contributed by atoms with Gasteiger partial charge in [-0.3, -0.25) is 4.79 Å². The molecule has 0 radical (unpaired) electrons. The molecule has 2 saturated carbocycles. The lowest BCUT2D eigenvalue weighted by atomic mass is 9.69. The monoisotopic (exact) mass is 478 g/mol. The summed E-state index contributed by atoms with van der Waals surface area (Å²) in [4.78, 5) is 12.9. The van der Waals surface area contributed by atoms with Crippen LogP contribution in [0.25, 0.3) is 0 Å². The summed E-state index contributed by atoms with van der Waals surface area (Å²) in [7, 11) is 0. The number of rotatable bonds is 11. The first kappa shape index (κ1) is 27.1. The zero-order chi connectivity index (χ0) is 25.0. The number of ether oxygens (including phenoxy) is 2. The molecule has 2 aliphatic carbocycles. The third-order valence-corrected chi connectivity index (χ3v) is 8.18. The van der Waals surface area contributed by atoms with Gasteiger partial charge >= 0.3 is 5.97 Å². The molecule has 1 aromatic carbocycles. The zero-order valence-electron chi connectivity index (χ0n) is 21.7. The summed E-state index contributed by atoms with van der Waals surface area (Å²) in [6.07, 6.45) is 16.2. The summed E-state index contributed by atoms with van der Waals surface area (Å²) in [5.41, 5.74) is 0.236. The average molecular weight is 479 g/mol. The molecule has 0 bridgehead atoms. The highest BCUT2D eigenvalue weighted by Crippen LogP contribution is 2.42. The van der Waals surface area contributed by atoms with Gasteiger partial charge in [0.1, 0.15) is 34.8 Å². The van der Waals surface area contributed by atoms with E-state index in [0.717, 1.165) is 69.1 Å². The van der Waals surface area contributed by atoms with E-state index in [0.29, 0.717) is 12.4 Å². The van der Waals surface area contributed by atoms with Crippen molar-refractivity contribution >= 4 is 5.97 Å². The van der Waals surface area contributed by atoms with Crippen LogP contribution in [0, 0.1) is 46.3 Å². The summed E-state index contributed by atoms with van der Waals surface area (Å²) in [6, 6.07) is 7.37. The van der Waals surface area contributed by atoms with E-state index < -0.39 is 0 Å². The number of benzene rings is 1. The quantitative estimate of drug-likeness (QED) is 0.185. The van der Waals surface area contributed by atoms with Crippen molar-refractivity contribution in [3.05, 3.63) is 23.3 Å². The molecule has 0 aromatic heterocycles. The Balaban J connectivity index is 1.53. The van der Waals surface area contributed by atoms with Crippen LogP contribution in [0.5, 0.6) is 11.5 Å². The highest BCUT2D eigenvalue weighted by atomic mass is 16.5. The topological polar surface area (TPSA) is 83.1 Å². The first-order chi connectivity index (χ1) is 17.1. The number of nitriles is 2. The van der Waals surface area contributed by atoms with Crippen LogP contribution in [0.2, 0.25) is 0 Å². The van der Waals surface area contributed by atoms with Crippen LogP contribution in [0.1, 0.15) is 115 Å². The maximum atomic E-state index is 12.9. The van der Waals surface area contributed by atoms with Crippen molar-refractivity contribution in [3.8, 4) is 23.6 Å². The molecule has 5 nitrogen and oxygen atoms in total. The normalized spacial score (nSPS) is 24.2. The average Bonchev–Trinajstić information content (AvgIpc) is 2.89. The van der Waals surface area contributed by atoms with Gasteiger partial charge in [-0.1, -0.05) is 58.8 Å². The number of unbranched alkanes of at least 4 members (excludes halogenated alkanes) is 3. The fourth-order valence-corrected chi connectivity index (χ4v) is 6.08. The van der Waals surface area contributed by atoms with Gasteiger partial charge in [0, 0.05) is 0 Å². The first-order valence-corrected chi connectivity index (χ1v) is 13.9. The van der Waals surface area contributed by atoms with Gasteiger partial charge in [0.05, 0.1) is 12.5 Å². The predicted octanol–water partition coefficient (Wildman–Crippen LogP) is 7.71. The molecule has 0 saturated heterocycles. The Morgan fingerprint density at radius 3 is 2.03 bits per heavy atom. The molecule has 0 heterocycles. The van der Waals surface area contributed by atoms with E-state index in [4.69, 9.17) is 9.47 Å². The van der Waals surface area contributed by atoms with E-state index in [9.17, 15) is 15.3 Å². The second kappa shape index (κ2) is 14.1. The maximum Gasteiger partial charge on any atom is 0.314 e.